The van der Waals surface area contributed by atoms with Crippen LogP contribution in [0.15, 0.2) is 23.0 Å². The van der Waals surface area contributed by atoms with Crippen molar-refractivity contribution < 1.29 is 9.26 Å². The Bertz CT molecular complexity index is 368. The average Bonchev–Trinajstić information content (AvgIpc) is 2.71. The lowest BCUT2D eigenvalue weighted by molar-refractivity contribution is 0.146. The Morgan fingerprint density at radius 3 is 3.15 bits per heavy atom. The lowest BCUT2D eigenvalue weighted by Gasteiger charge is -1.98. The molecule has 2 rings (SSSR count). The van der Waals surface area contributed by atoms with Crippen molar-refractivity contribution in [2.45, 2.75) is 13.7 Å². The van der Waals surface area contributed by atoms with Crippen LogP contribution in [0.25, 0.3) is 0 Å². The number of ether oxygens (including phenoxy) is 1. The van der Waals surface area contributed by atoms with E-state index in [0.717, 1.165) is 0 Å². The quantitative estimate of drug-likeness (QED) is 0.692. The van der Waals surface area contributed by atoms with Crippen LogP contribution in [0.4, 0.5) is 0 Å². The summed E-state index contributed by atoms with van der Waals surface area (Å²) >= 11 is 0. The Labute approximate surface area is 74.1 Å². The Morgan fingerprint density at radius 2 is 2.54 bits per heavy atom. The van der Waals surface area contributed by atoms with Gasteiger partial charge in [-0.25, -0.2) is 4.68 Å². The summed E-state index contributed by atoms with van der Waals surface area (Å²) in [5.41, 5.74) is 0. The first-order valence-electron chi connectivity index (χ1n) is 3.75. The molecule has 0 radical (unpaired) electrons. The number of rotatable bonds is 3. The molecule has 68 valence electrons. The molecule has 13 heavy (non-hydrogen) atoms. The predicted molar refractivity (Wildman–Crippen MR) is 41.9 cm³/mol. The number of hydrogen-bond donors (Lipinski definition) is 0. The van der Waals surface area contributed by atoms with Crippen LogP contribution in [0.5, 0.6) is 6.08 Å². The van der Waals surface area contributed by atoms with Crippen LogP contribution >= 0.6 is 0 Å². The fourth-order valence-electron chi connectivity index (χ4n) is 0.835. The van der Waals surface area contributed by atoms with E-state index < -0.39 is 0 Å². The molecule has 0 unspecified atom stereocenters. The molecule has 0 fully saturated rings. The highest BCUT2D eigenvalue weighted by Gasteiger charge is 2.02. The van der Waals surface area contributed by atoms with Crippen LogP contribution in [0.3, 0.4) is 0 Å². The molecule has 0 aliphatic rings. The molecular formula is C7H8N4O2. The smallest absolute Gasteiger partial charge is 0.419 e. The molecule has 6 heteroatoms. The van der Waals surface area contributed by atoms with E-state index in [1.54, 1.807) is 24.0 Å². The van der Waals surface area contributed by atoms with E-state index in [1.165, 1.54) is 0 Å². The van der Waals surface area contributed by atoms with Crippen molar-refractivity contribution in [3.05, 3.63) is 24.3 Å². The van der Waals surface area contributed by atoms with Gasteiger partial charge in [0.05, 0.1) is 0 Å². The van der Waals surface area contributed by atoms with Crippen molar-refractivity contribution in [2.75, 3.05) is 0 Å². The summed E-state index contributed by atoms with van der Waals surface area (Å²) in [6.07, 6.45) is 3.61. The highest BCUT2D eigenvalue weighted by Crippen LogP contribution is 2.05. The van der Waals surface area contributed by atoms with E-state index in [0.29, 0.717) is 5.82 Å². The van der Waals surface area contributed by atoms with Gasteiger partial charge in [0, 0.05) is 12.4 Å². The monoisotopic (exact) mass is 180 g/mol. The second-order valence-corrected chi connectivity index (χ2v) is 2.43. The zero-order valence-electron chi connectivity index (χ0n) is 7.04. The van der Waals surface area contributed by atoms with Gasteiger partial charge in [0.2, 0.25) is 0 Å². The maximum absolute atomic E-state index is 5.13. The van der Waals surface area contributed by atoms with E-state index in [9.17, 15) is 0 Å². The van der Waals surface area contributed by atoms with Gasteiger partial charge in [-0.2, -0.15) is 10.1 Å². The van der Waals surface area contributed by atoms with Crippen molar-refractivity contribution in [3.8, 4) is 6.08 Å². The molecule has 2 aromatic heterocycles. The van der Waals surface area contributed by atoms with Crippen molar-refractivity contribution in [3.63, 3.8) is 0 Å². The lowest BCUT2D eigenvalue weighted by atomic mass is 10.7. The summed E-state index contributed by atoms with van der Waals surface area (Å²) < 4.78 is 11.5. The first-order chi connectivity index (χ1) is 6.34. The van der Waals surface area contributed by atoms with Crippen LogP contribution in [0.1, 0.15) is 5.82 Å². The maximum atomic E-state index is 5.13. The van der Waals surface area contributed by atoms with Gasteiger partial charge in [0.1, 0.15) is 0 Å². The highest BCUT2D eigenvalue weighted by molar-refractivity contribution is 4.86. The van der Waals surface area contributed by atoms with Crippen LogP contribution in [-0.4, -0.2) is 19.9 Å². The molecule has 0 spiro atoms. The van der Waals surface area contributed by atoms with Gasteiger partial charge in [-0.1, -0.05) is 5.16 Å². The van der Waals surface area contributed by atoms with E-state index in [4.69, 9.17) is 9.26 Å². The first-order valence-corrected chi connectivity index (χ1v) is 3.75. The maximum Gasteiger partial charge on any atom is 0.419 e. The summed E-state index contributed by atoms with van der Waals surface area (Å²) in [6.45, 7) is 2.00. The van der Waals surface area contributed by atoms with E-state index >= 15 is 0 Å². The highest BCUT2D eigenvalue weighted by atomic mass is 16.6. The number of aromatic nitrogens is 4. The minimum absolute atomic E-state index is 0.160. The van der Waals surface area contributed by atoms with E-state index in [2.05, 4.69) is 15.2 Å². The van der Waals surface area contributed by atoms with Crippen molar-refractivity contribution >= 4 is 0 Å². The summed E-state index contributed by atoms with van der Waals surface area (Å²) in [5.74, 6) is 0.551. The predicted octanol–water partition coefficient (Wildman–Crippen LogP) is 0.611. The third-order valence-electron chi connectivity index (χ3n) is 1.39. The Morgan fingerprint density at radius 1 is 1.62 bits per heavy atom. The number of hydrogen-bond acceptors (Lipinski definition) is 5. The lowest BCUT2D eigenvalue weighted by Crippen LogP contribution is -2.05. The van der Waals surface area contributed by atoms with Gasteiger partial charge in [-0.05, 0) is 13.0 Å². The standard InChI is InChI=1S/C7H8N4O2/c1-6-9-7(13-10-6)12-5-11-4-2-3-8-11/h2-4H,5H2,1H3. The van der Waals surface area contributed by atoms with Gasteiger partial charge in [-0.3, -0.25) is 4.52 Å². The number of aryl methyl sites for hydroxylation is 1. The van der Waals surface area contributed by atoms with Crippen molar-refractivity contribution in [1.29, 1.82) is 0 Å². The Balaban J connectivity index is 1.93. The zero-order valence-corrected chi connectivity index (χ0v) is 7.04. The summed E-state index contributed by atoms with van der Waals surface area (Å²) in [5, 5.41) is 7.52. The molecule has 0 N–H and O–H groups in total. The minimum atomic E-state index is 0.160. The SMILES string of the molecule is Cc1noc(OCn2cccn2)n1. The molecule has 0 saturated carbocycles. The fourth-order valence-corrected chi connectivity index (χ4v) is 0.835. The van der Waals surface area contributed by atoms with Crippen LogP contribution < -0.4 is 4.74 Å². The molecular weight excluding hydrogens is 172 g/mol. The molecule has 2 heterocycles. The third kappa shape index (κ3) is 1.84. The molecule has 6 nitrogen and oxygen atoms in total. The van der Waals surface area contributed by atoms with Crippen LogP contribution in [0, 0.1) is 6.92 Å². The molecule has 0 bridgehead atoms. The van der Waals surface area contributed by atoms with Crippen LogP contribution in [-0.2, 0) is 6.73 Å². The zero-order chi connectivity index (χ0) is 9.10. The summed E-state index contributed by atoms with van der Waals surface area (Å²) in [7, 11) is 0. The van der Waals surface area contributed by atoms with Gasteiger partial charge < -0.3 is 4.74 Å². The van der Waals surface area contributed by atoms with Crippen molar-refractivity contribution in [1.82, 2.24) is 19.9 Å². The third-order valence-corrected chi connectivity index (χ3v) is 1.39. The van der Waals surface area contributed by atoms with Gasteiger partial charge in [0.25, 0.3) is 0 Å². The Hall–Kier alpha value is -1.85. The summed E-state index contributed by atoms with van der Waals surface area (Å²) in [6, 6.07) is 1.81. The fraction of sp³-hybridized carbons (Fsp3) is 0.286. The normalized spacial score (nSPS) is 10.2. The molecule has 2 aromatic rings. The summed E-state index contributed by atoms with van der Waals surface area (Å²) in [4.78, 5) is 3.87. The number of nitrogens with zero attached hydrogens (tertiary/aromatic N) is 4. The minimum Gasteiger partial charge on any atom is -0.426 e. The second-order valence-electron chi connectivity index (χ2n) is 2.43. The molecule has 0 saturated heterocycles. The Kier molecular flexibility index (Phi) is 1.95. The van der Waals surface area contributed by atoms with Gasteiger partial charge >= 0.3 is 6.08 Å². The van der Waals surface area contributed by atoms with Crippen molar-refractivity contribution in [2.24, 2.45) is 0 Å². The van der Waals surface area contributed by atoms with Gasteiger partial charge in [0.15, 0.2) is 12.6 Å². The topological polar surface area (TPSA) is 66.0 Å². The molecule has 0 amide bonds. The molecule has 0 atom stereocenters. The first kappa shape index (κ1) is 7.78. The van der Waals surface area contributed by atoms with E-state index in [-0.39, 0.29) is 12.8 Å². The van der Waals surface area contributed by atoms with E-state index in [1.807, 2.05) is 6.07 Å². The molecule has 0 aliphatic heterocycles. The van der Waals surface area contributed by atoms with Gasteiger partial charge in [-0.15, -0.1) is 0 Å². The molecule has 0 aliphatic carbocycles. The molecule has 0 aromatic carbocycles. The second kappa shape index (κ2) is 3.26. The average molecular weight is 180 g/mol. The van der Waals surface area contributed by atoms with Crippen LogP contribution in [0.2, 0.25) is 0 Å². The largest absolute Gasteiger partial charge is 0.426 e.